The highest BCUT2D eigenvalue weighted by molar-refractivity contribution is 5.79. The summed E-state index contributed by atoms with van der Waals surface area (Å²) in [6.07, 6.45) is 6.08. The van der Waals surface area contributed by atoms with Crippen LogP contribution in [0.3, 0.4) is 0 Å². The van der Waals surface area contributed by atoms with Crippen LogP contribution in [-0.2, 0) is 4.79 Å². The maximum Gasteiger partial charge on any atom is 0.142 e. The Balaban J connectivity index is 2.92. The standard InChI is InChI=1S/C12H12O/c1-2-11(9-6-10-13)12-7-4-3-5-8-12/h2-10H,1H3/b9-6+,11-2+. The molecule has 0 fully saturated rings. The predicted octanol–water partition coefficient (Wildman–Crippen LogP) is 2.85. The minimum Gasteiger partial charge on any atom is -0.299 e. The van der Waals surface area contributed by atoms with Crippen LogP contribution in [0.2, 0.25) is 0 Å². The maximum absolute atomic E-state index is 10.1. The number of carbonyl (C=O) groups excluding carboxylic acids is 1. The zero-order valence-corrected chi connectivity index (χ0v) is 7.60. The molecular weight excluding hydrogens is 160 g/mol. The molecule has 0 unspecified atom stereocenters. The van der Waals surface area contributed by atoms with Gasteiger partial charge in [0.25, 0.3) is 0 Å². The van der Waals surface area contributed by atoms with Gasteiger partial charge in [-0.15, -0.1) is 0 Å². The molecule has 66 valence electrons. The summed E-state index contributed by atoms with van der Waals surface area (Å²) in [7, 11) is 0. The molecule has 0 saturated heterocycles. The highest BCUT2D eigenvalue weighted by Crippen LogP contribution is 2.14. The van der Waals surface area contributed by atoms with Crippen molar-refractivity contribution in [2.24, 2.45) is 0 Å². The summed E-state index contributed by atoms with van der Waals surface area (Å²) in [6, 6.07) is 9.97. The van der Waals surface area contributed by atoms with E-state index in [4.69, 9.17) is 0 Å². The zero-order chi connectivity index (χ0) is 9.52. The lowest BCUT2D eigenvalue weighted by Crippen LogP contribution is -1.78. The van der Waals surface area contributed by atoms with Gasteiger partial charge in [0.1, 0.15) is 6.29 Å². The molecule has 1 aromatic rings. The van der Waals surface area contributed by atoms with Gasteiger partial charge < -0.3 is 0 Å². The highest BCUT2D eigenvalue weighted by Gasteiger charge is 1.93. The molecule has 1 heteroatoms. The maximum atomic E-state index is 10.1. The lowest BCUT2D eigenvalue weighted by Gasteiger charge is -1.99. The summed E-state index contributed by atoms with van der Waals surface area (Å²) in [5.41, 5.74) is 2.19. The zero-order valence-electron chi connectivity index (χ0n) is 7.60. The molecule has 1 nitrogen and oxygen atoms in total. The molecule has 0 aliphatic rings. The van der Waals surface area contributed by atoms with Crippen molar-refractivity contribution in [1.29, 1.82) is 0 Å². The van der Waals surface area contributed by atoms with Crippen LogP contribution in [0.1, 0.15) is 12.5 Å². The molecule has 1 rings (SSSR count). The van der Waals surface area contributed by atoms with Gasteiger partial charge in [-0.1, -0.05) is 42.5 Å². The van der Waals surface area contributed by atoms with Gasteiger partial charge in [0.15, 0.2) is 0 Å². The van der Waals surface area contributed by atoms with Gasteiger partial charge in [-0.3, -0.25) is 4.79 Å². The number of aldehydes is 1. The molecule has 0 atom stereocenters. The topological polar surface area (TPSA) is 17.1 Å². The summed E-state index contributed by atoms with van der Waals surface area (Å²) in [5, 5.41) is 0. The fourth-order valence-electron chi connectivity index (χ4n) is 1.13. The van der Waals surface area contributed by atoms with Gasteiger partial charge in [-0.05, 0) is 24.1 Å². The third-order valence-corrected chi connectivity index (χ3v) is 1.77. The summed E-state index contributed by atoms with van der Waals surface area (Å²) in [4.78, 5) is 10.1. The Kier molecular flexibility index (Phi) is 3.71. The van der Waals surface area contributed by atoms with Gasteiger partial charge in [0.2, 0.25) is 0 Å². The van der Waals surface area contributed by atoms with Gasteiger partial charge >= 0.3 is 0 Å². The molecule has 0 N–H and O–H groups in total. The van der Waals surface area contributed by atoms with E-state index in [-0.39, 0.29) is 0 Å². The average Bonchev–Trinajstić information content (AvgIpc) is 2.21. The normalized spacial score (nSPS) is 11.9. The lowest BCUT2D eigenvalue weighted by molar-refractivity contribution is -0.104. The smallest absolute Gasteiger partial charge is 0.142 e. The SMILES string of the molecule is C/C=C(\C=C\C=O)c1ccccc1. The molecule has 13 heavy (non-hydrogen) atoms. The molecule has 0 aromatic heterocycles. The second kappa shape index (κ2) is 5.09. The van der Waals surface area contributed by atoms with Crippen LogP contribution in [0.5, 0.6) is 0 Å². The molecule has 0 aliphatic carbocycles. The van der Waals surface area contributed by atoms with Crippen LogP contribution in [0.4, 0.5) is 0 Å². The molecule has 1 aromatic carbocycles. The molecule has 0 spiro atoms. The van der Waals surface area contributed by atoms with Crippen molar-refractivity contribution in [1.82, 2.24) is 0 Å². The molecular formula is C12H12O. The molecule has 0 bridgehead atoms. The second-order valence-corrected chi connectivity index (χ2v) is 2.61. The van der Waals surface area contributed by atoms with Crippen LogP contribution in [0.25, 0.3) is 5.57 Å². The molecule has 0 heterocycles. The van der Waals surface area contributed by atoms with Gasteiger partial charge in [0, 0.05) is 0 Å². The van der Waals surface area contributed by atoms with Gasteiger partial charge in [-0.2, -0.15) is 0 Å². The third kappa shape index (κ3) is 2.71. The highest BCUT2D eigenvalue weighted by atomic mass is 16.1. The minimum absolute atomic E-state index is 0.784. The fraction of sp³-hybridized carbons (Fsp3) is 0.0833. The minimum atomic E-state index is 0.784. The van der Waals surface area contributed by atoms with E-state index in [2.05, 4.69) is 0 Å². The van der Waals surface area contributed by atoms with Crippen LogP contribution < -0.4 is 0 Å². The molecule has 0 radical (unpaired) electrons. The van der Waals surface area contributed by atoms with E-state index in [9.17, 15) is 4.79 Å². The van der Waals surface area contributed by atoms with Crippen molar-refractivity contribution in [3.63, 3.8) is 0 Å². The Hall–Kier alpha value is -1.63. The van der Waals surface area contributed by atoms with E-state index in [1.807, 2.05) is 49.4 Å². The first kappa shape index (κ1) is 9.46. The monoisotopic (exact) mass is 172 g/mol. The largest absolute Gasteiger partial charge is 0.299 e. The first-order valence-electron chi connectivity index (χ1n) is 4.22. The fourth-order valence-corrected chi connectivity index (χ4v) is 1.13. The average molecular weight is 172 g/mol. The van der Waals surface area contributed by atoms with Crippen molar-refractivity contribution < 1.29 is 4.79 Å². The molecule has 0 aliphatic heterocycles. The second-order valence-electron chi connectivity index (χ2n) is 2.61. The number of allylic oxidation sites excluding steroid dienone is 4. The van der Waals surface area contributed by atoms with Crippen molar-refractivity contribution in [3.05, 3.63) is 54.1 Å². The van der Waals surface area contributed by atoms with Gasteiger partial charge in [0.05, 0.1) is 0 Å². The lowest BCUT2D eigenvalue weighted by atomic mass is 10.1. The van der Waals surface area contributed by atoms with Crippen LogP contribution >= 0.6 is 0 Å². The van der Waals surface area contributed by atoms with Crippen molar-refractivity contribution in [2.45, 2.75) is 6.92 Å². The van der Waals surface area contributed by atoms with Crippen molar-refractivity contribution in [3.8, 4) is 0 Å². The quantitative estimate of drug-likeness (QED) is 0.389. The summed E-state index contributed by atoms with van der Waals surface area (Å²) in [5.74, 6) is 0. The van der Waals surface area contributed by atoms with E-state index in [1.54, 1.807) is 0 Å². The number of benzene rings is 1. The number of hydrogen-bond donors (Lipinski definition) is 0. The van der Waals surface area contributed by atoms with Crippen LogP contribution in [-0.4, -0.2) is 6.29 Å². The number of hydrogen-bond acceptors (Lipinski definition) is 1. The van der Waals surface area contributed by atoms with E-state index in [0.29, 0.717) is 0 Å². The number of carbonyl (C=O) groups is 1. The van der Waals surface area contributed by atoms with Crippen molar-refractivity contribution >= 4 is 11.9 Å². The van der Waals surface area contributed by atoms with E-state index in [0.717, 1.165) is 17.4 Å². The van der Waals surface area contributed by atoms with Crippen LogP contribution in [0, 0.1) is 0 Å². The Labute approximate surface area is 78.4 Å². The Morgan fingerprint density at radius 1 is 1.23 bits per heavy atom. The third-order valence-electron chi connectivity index (χ3n) is 1.77. The predicted molar refractivity (Wildman–Crippen MR) is 55.3 cm³/mol. The molecule has 0 saturated carbocycles. The first-order chi connectivity index (χ1) is 6.38. The Bertz CT molecular complexity index is 320. The van der Waals surface area contributed by atoms with E-state index in [1.165, 1.54) is 6.08 Å². The summed E-state index contributed by atoms with van der Waals surface area (Å²) in [6.45, 7) is 1.96. The molecule has 0 amide bonds. The number of rotatable bonds is 3. The van der Waals surface area contributed by atoms with Crippen molar-refractivity contribution in [2.75, 3.05) is 0 Å². The summed E-state index contributed by atoms with van der Waals surface area (Å²) < 4.78 is 0. The van der Waals surface area contributed by atoms with E-state index < -0.39 is 0 Å². The first-order valence-corrected chi connectivity index (χ1v) is 4.22. The van der Waals surface area contributed by atoms with Gasteiger partial charge in [-0.25, -0.2) is 0 Å². The van der Waals surface area contributed by atoms with E-state index >= 15 is 0 Å². The Morgan fingerprint density at radius 2 is 1.92 bits per heavy atom. The Morgan fingerprint density at radius 3 is 2.46 bits per heavy atom. The van der Waals surface area contributed by atoms with Crippen LogP contribution in [0.15, 0.2) is 48.6 Å². The summed E-state index contributed by atoms with van der Waals surface area (Å²) >= 11 is 0.